The molecule has 7 atom stereocenters. The quantitative estimate of drug-likeness (QED) is 0.627. The molecule has 4 aliphatic rings. The third-order valence-corrected chi connectivity index (χ3v) is 8.41. The van der Waals surface area contributed by atoms with Crippen LogP contribution in [0, 0.1) is 23.7 Å². The van der Waals surface area contributed by atoms with Crippen molar-refractivity contribution in [3.05, 3.63) is 12.2 Å². The van der Waals surface area contributed by atoms with Crippen LogP contribution in [0.3, 0.4) is 0 Å². The Kier molecular flexibility index (Phi) is 6.15. The van der Waals surface area contributed by atoms with E-state index in [9.17, 15) is 20.1 Å². The number of aliphatic hydroxyl groups excluding tert-OH is 2. The highest BCUT2D eigenvalue weighted by molar-refractivity contribution is 5.73. The Morgan fingerprint density at radius 2 is 1.89 bits per heavy atom. The monoisotopic (exact) mass is 391 g/mol. The molecule has 0 aromatic carbocycles. The lowest BCUT2D eigenvalue weighted by molar-refractivity contribution is -0.146. The number of piperidine rings is 1. The van der Waals surface area contributed by atoms with Gasteiger partial charge in [0, 0.05) is 18.0 Å². The highest BCUT2D eigenvalue weighted by Crippen LogP contribution is 2.49. The normalized spacial score (nSPS) is 45.1. The lowest BCUT2D eigenvalue weighted by atomic mass is 9.78. The minimum absolute atomic E-state index is 0.0478. The van der Waals surface area contributed by atoms with Crippen molar-refractivity contribution in [2.45, 2.75) is 101 Å². The summed E-state index contributed by atoms with van der Waals surface area (Å²) in [6, 6.07) is 0.138. The smallest absolute Gasteiger partial charge is 0.320 e. The van der Waals surface area contributed by atoms with Gasteiger partial charge in [-0.1, -0.05) is 38.3 Å². The van der Waals surface area contributed by atoms with E-state index >= 15 is 0 Å². The fourth-order valence-electron chi connectivity index (χ4n) is 6.79. The van der Waals surface area contributed by atoms with Crippen LogP contribution < -0.4 is 0 Å². The molecule has 4 rings (SSSR count). The molecule has 2 unspecified atom stereocenters. The summed E-state index contributed by atoms with van der Waals surface area (Å²) in [6.07, 6.45) is 13.5. The number of aliphatic hydroxyl groups is 2. The summed E-state index contributed by atoms with van der Waals surface area (Å²) >= 11 is 0. The maximum atomic E-state index is 11.7. The second-order valence-electron chi connectivity index (χ2n) is 9.80. The molecule has 2 aliphatic heterocycles. The summed E-state index contributed by atoms with van der Waals surface area (Å²) in [6.45, 7) is 2.25. The SMILES string of the molecule is CCC1CCC([C@@H](O)/C=C/[C@@H]2[C@H]3CC4CCCC(C(=O)O)N4[C@@H]3C[C@H]2O)CC1. The first-order valence-electron chi connectivity index (χ1n) is 11.5. The minimum atomic E-state index is -0.711. The minimum Gasteiger partial charge on any atom is -0.480 e. The topological polar surface area (TPSA) is 81.0 Å². The van der Waals surface area contributed by atoms with E-state index in [0.29, 0.717) is 24.3 Å². The number of rotatable bonds is 5. The zero-order valence-electron chi connectivity index (χ0n) is 17.1. The van der Waals surface area contributed by atoms with Crippen molar-refractivity contribution in [3.8, 4) is 0 Å². The number of carboxylic acid groups (broad SMARTS) is 1. The van der Waals surface area contributed by atoms with Crippen molar-refractivity contribution in [2.24, 2.45) is 23.7 Å². The van der Waals surface area contributed by atoms with Crippen LogP contribution in [-0.2, 0) is 4.79 Å². The second kappa shape index (κ2) is 8.45. The van der Waals surface area contributed by atoms with Gasteiger partial charge in [0.05, 0.1) is 12.2 Å². The molecule has 5 nitrogen and oxygen atoms in total. The van der Waals surface area contributed by atoms with Crippen LogP contribution in [0.5, 0.6) is 0 Å². The standard InChI is InChI=1S/C23H37NO4/c1-2-14-6-8-15(9-7-14)21(25)11-10-17-18-12-16-4-3-5-19(23(27)28)24(16)20(18)13-22(17)26/h10-11,14-22,25-26H,2-9,12-13H2,1H3,(H,27,28)/b11-10+/t14?,15?,16?,17-,18-,19?,20-,21+,22-/m1/s1. The molecule has 2 saturated heterocycles. The van der Waals surface area contributed by atoms with Crippen molar-refractivity contribution in [1.29, 1.82) is 0 Å². The molecule has 0 radical (unpaired) electrons. The van der Waals surface area contributed by atoms with E-state index in [1.807, 2.05) is 6.08 Å². The Morgan fingerprint density at radius 3 is 2.57 bits per heavy atom. The highest BCUT2D eigenvalue weighted by atomic mass is 16.4. The Hall–Kier alpha value is -0.910. The lowest BCUT2D eigenvalue weighted by Crippen LogP contribution is -2.51. The Balaban J connectivity index is 1.40. The van der Waals surface area contributed by atoms with Gasteiger partial charge in [-0.3, -0.25) is 9.69 Å². The van der Waals surface area contributed by atoms with Crippen molar-refractivity contribution in [3.63, 3.8) is 0 Å². The third kappa shape index (κ3) is 3.78. The van der Waals surface area contributed by atoms with E-state index in [-0.39, 0.29) is 18.0 Å². The predicted molar refractivity (Wildman–Crippen MR) is 108 cm³/mol. The van der Waals surface area contributed by atoms with Gasteiger partial charge >= 0.3 is 5.97 Å². The molecule has 2 heterocycles. The number of hydrogen-bond donors (Lipinski definition) is 3. The van der Waals surface area contributed by atoms with Crippen LogP contribution in [-0.4, -0.2) is 56.5 Å². The molecule has 0 aromatic rings. The maximum absolute atomic E-state index is 11.7. The van der Waals surface area contributed by atoms with E-state index in [1.54, 1.807) is 0 Å². The first kappa shape index (κ1) is 20.4. The van der Waals surface area contributed by atoms with E-state index in [4.69, 9.17) is 0 Å². The Morgan fingerprint density at radius 1 is 1.14 bits per heavy atom. The van der Waals surface area contributed by atoms with Crippen molar-refractivity contribution >= 4 is 5.97 Å². The van der Waals surface area contributed by atoms with E-state index in [1.165, 1.54) is 19.3 Å². The van der Waals surface area contributed by atoms with Crippen LogP contribution in [0.2, 0.25) is 0 Å². The average Bonchev–Trinajstić information content (AvgIpc) is 3.20. The first-order valence-corrected chi connectivity index (χ1v) is 11.5. The summed E-state index contributed by atoms with van der Waals surface area (Å²) in [5.74, 6) is 0.824. The summed E-state index contributed by atoms with van der Waals surface area (Å²) in [5, 5.41) is 31.0. The van der Waals surface area contributed by atoms with Crippen LogP contribution in [0.4, 0.5) is 0 Å². The Bertz CT molecular complexity index is 585. The summed E-state index contributed by atoms with van der Waals surface area (Å²) in [4.78, 5) is 14.0. The summed E-state index contributed by atoms with van der Waals surface area (Å²) in [5.41, 5.74) is 0. The number of hydrogen-bond acceptors (Lipinski definition) is 4. The zero-order chi connectivity index (χ0) is 19.8. The molecule has 28 heavy (non-hydrogen) atoms. The highest BCUT2D eigenvalue weighted by Gasteiger charge is 2.55. The molecule has 0 bridgehead atoms. The molecule has 0 aromatic heterocycles. The van der Waals surface area contributed by atoms with Gasteiger partial charge in [-0.2, -0.15) is 0 Å². The first-order chi connectivity index (χ1) is 13.5. The van der Waals surface area contributed by atoms with Gasteiger partial charge in [0.15, 0.2) is 0 Å². The van der Waals surface area contributed by atoms with Gasteiger partial charge in [-0.05, 0) is 62.7 Å². The molecular formula is C23H37NO4. The van der Waals surface area contributed by atoms with Crippen molar-refractivity contribution < 1.29 is 20.1 Å². The number of carboxylic acids is 1. The van der Waals surface area contributed by atoms with Gasteiger partial charge in [0.2, 0.25) is 0 Å². The predicted octanol–water partition coefficient (Wildman–Crippen LogP) is 3.20. The van der Waals surface area contributed by atoms with Crippen molar-refractivity contribution in [1.82, 2.24) is 4.90 Å². The summed E-state index contributed by atoms with van der Waals surface area (Å²) in [7, 11) is 0. The zero-order valence-corrected chi connectivity index (χ0v) is 17.1. The molecular weight excluding hydrogens is 354 g/mol. The molecule has 2 aliphatic carbocycles. The van der Waals surface area contributed by atoms with Gasteiger partial charge in [0.1, 0.15) is 6.04 Å². The van der Waals surface area contributed by atoms with Gasteiger partial charge < -0.3 is 15.3 Å². The largest absolute Gasteiger partial charge is 0.480 e. The van der Waals surface area contributed by atoms with E-state index < -0.39 is 18.2 Å². The number of nitrogens with zero attached hydrogens (tertiary/aromatic N) is 1. The molecule has 2 saturated carbocycles. The maximum Gasteiger partial charge on any atom is 0.320 e. The molecule has 3 N–H and O–H groups in total. The van der Waals surface area contributed by atoms with Gasteiger partial charge in [-0.25, -0.2) is 0 Å². The second-order valence-corrected chi connectivity index (χ2v) is 9.80. The van der Waals surface area contributed by atoms with Gasteiger partial charge in [0.25, 0.3) is 0 Å². The van der Waals surface area contributed by atoms with Crippen molar-refractivity contribution in [2.75, 3.05) is 0 Å². The molecule has 0 spiro atoms. The fourth-order valence-corrected chi connectivity index (χ4v) is 6.79. The number of aliphatic carboxylic acids is 1. The van der Waals surface area contributed by atoms with Crippen LogP contribution in [0.1, 0.15) is 71.1 Å². The van der Waals surface area contributed by atoms with E-state index in [2.05, 4.69) is 17.9 Å². The van der Waals surface area contributed by atoms with Crippen LogP contribution in [0.15, 0.2) is 12.2 Å². The Labute approximate surface area is 168 Å². The van der Waals surface area contributed by atoms with E-state index in [0.717, 1.165) is 44.4 Å². The molecule has 158 valence electrons. The lowest BCUT2D eigenvalue weighted by Gasteiger charge is -2.38. The molecule has 5 heteroatoms. The fraction of sp³-hybridized carbons (Fsp3) is 0.870. The molecule has 4 fully saturated rings. The third-order valence-electron chi connectivity index (χ3n) is 8.41. The number of carbonyl (C=O) groups is 1. The van der Waals surface area contributed by atoms with Crippen LogP contribution >= 0.6 is 0 Å². The van der Waals surface area contributed by atoms with Gasteiger partial charge in [-0.15, -0.1) is 0 Å². The number of fused-ring (bicyclic) bond motifs is 3. The average molecular weight is 392 g/mol. The molecule has 0 amide bonds. The van der Waals surface area contributed by atoms with Crippen LogP contribution in [0.25, 0.3) is 0 Å². The summed E-state index contributed by atoms with van der Waals surface area (Å²) < 4.78 is 0.